The third-order valence-electron chi connectivity index (χ3n) is 4.25. The summed E-state index contributed by atoms with van der Waals surface area (Å²) >= 11 is 0. The summed E-state index contributed by atoms with van der Waals surface area (Å²) in [4.78, 5) is 14.0. The maximum atomic E-state index is 13.7. The minimum Gasteiger partial charge on any atom is -0.394 e. The van der Waals surface area contributed by atoms with Crippen molar-refractivity contribution in [1.82, 2.24) is 4.90 Å². The van der Waals surface area contributed by atoms with Crippen LogP contribution in [0.2, 0.25) is 0 Å². The van der Waals surface area contributed by atoms with Crippen LogP contribution in [0.5, 0.6) is 0 Å². The average Bonchev–Trinajstić information content (AvgIpc) is 2.47. The molecule has 0 spiro atoms. The Morgan fingerprint density at radius 2 is 2.29 bits per heavy atom. The molecule has 4 nitrogen and oxygen atoms in total. The Balaban J connectivity index is 2.08. The number of nitrogens with zero attached hydrogens (tertiary/aromatic N) is 1. The van der Waals surface area contributed by atoms with Gasteiger partial charge < -0.3 is 15.3 Å². The molecule has 0 bridgehead atoms. The van der Waals surface area contributed by atoms with Gasteiger partial charge in [-0.25, -0.2) is 9.18 Å². The molecule has 1 aromatic rings. The SMILES string of the molecule is CCc1ccc(NC(=O)N2CCCC(C)C2CO)cc1F. The van der Waals surface area contributed by atoms with Crippen LogP contribution in [0, 0.1) is 11.7 Å². The molecule has 2 amide bonds. The van der Waals surface area contributed by atoms with Gasteiger partial charge in [-0.05, 0) is 42.9 Å². The first-order chi connectivity index (χ1) is 10.1. The number of rotatable bonds is 3. The maximum Gasteiger partial charge on any atom is 0.322 e. The number of hydrogen-bond donors (Lipinski definition) is 2. The van der Waals surface area contributed by atoms with E-state index in [0.29, 0.717) is 24.2 Å². The smallest absolute Gasteiger partial charge is 0.322 e. The van der Waals surface area contributed by atoms with Crippen LogP contribution in [0.4, 0.5) is 14.9 Å². The number of aliphatic hydroxyl groups excluding tert-OH is 1. The highest BCUT2D eigenvalue weighted by Gasteiger charge is 2.31. The summed E-state index contributed by atoms with van der Waals surface area (Å²) in [5, 5.41) is 12.2. The fraction of sp³-hybridized carbons (Fsp3) is 0.562. The van der Waals surface area contributed by atoms with E-state index in [4.69, 9.17) is 0 Å². The zero-order valence-electron chi connectivity index (χ0n) is 12.6. The molecule has 1 aliphatic heterocycles. The van der Waals surface area contributed by atoms with Gasteiger partial charge in [0.25, 0.3) is 0 Å². The minimum atomic E-state index is -0.305. The Hall–Kier alpha value is -1.62. The first kappa shape index (κ1) is 15.8. The second-order valence-corrected chi connectivity index (χ2v) is 5.65. The van der Waals surface area contributed by atoms with E-state index >= 15 is 0 Å². The van der Waals surface area contributed by atoms with Crippen molar-refractivity contribution in [1.29, 1.82) is 0 Å². The molecule has 5 heteroatoms. The lowest BCUT2D eigenvalue weighted by atomic mass is 9.91. The number of benzene rings is 1. The Bertz CT molecular complexity index is 507. The zero-order chi connectivity index (χ0) is 15.4. The van der Waals surface area contributed by atoms with E-state index in [1.54, 1.807) is 17.0 Å². The third kappa shape index (κ3) is 3.53. The zero-order valence-corrected chi connectivity index (χ0v) is 12.6. The largest absolute Gasteiger partial charge is 0.394 e. The highest BCUT2D eigenvalue weighted by molar-refractivity contribution is 5.89. The summed E-state index contributed by atoms with van der Waals surface area (Å²) in [6, 6.07) is 4.30. The lowest BCUT2D eigenvalue weighted by Gasteiger charge is -2.38. The van der Waals surface area contributed by atoms with Crippen LogP contribution in [0.25, 0.3) is 0 Å². The quantitative estimate of drug-likeness (QED) is 0.900. The van der Waals surface area contributed by atoms with Gasteiger partial charge in [-0.1, -0.05) is 19.9 Å². The van der Waals surface area contributed by atoms with Crippen molar-refractivity contribution in [2.24, 2.45) is 5.92 Å². The molecule has 0 aromatic heterocycles. The summed E-state index contributed by atoms with van der Waals surface area (Å²) in [5.74, 6) is -0.0327. The van der Waals surface area contributed by atoms with E-state index in [9.17, 15) is 14.3 Å². The normalized spacial score (nSPS) is 22.2. The second-order valence-electron chi connectivity index (χ2n) is 5.65. The van der Waals surface area contributed by atoms with Crippen molar-refractivity contribution in [3.63, 3.8) is 0 Å². The number of anilines is 1. The standard InChI is InChI=1S/C16H23FN2O2/c1-3-12-6-7-13(9-14(12)17)18-16(21)19-8-4-5-11(2)15(19)10-20/h6-7,9,11,15,20H,3-5,8,10H2,1-2H3,(H,18,21). The number of amides is 2. The van der Waals surface area contributed by atoms with Crippen molar-refractivity contribution in [3.8, 4) is 0 Å². The maximum absolute atomic E-state index is 13.7. The summed E-state index contributed by atoms with van der Waals surface area (Å²) < 4.78 is 13.7. The topological polar surface area (TPSA) is 52.6 Å². The summed E-state index contributed by atoms with van der Waals surface area (Å²) in [5.41, 5.74) is 1.08. The monoisotopic (exact) mass is 294 g/mol. The van der Waals surface area contributed by atoms with Crippen molar-refractivity contribution in [2.45, 2.75) is 39.2 Å². The molecule has 116 valence electrons. The van der Waals surface area contributed by atoms with Gasteiger partial charge in [0.15, 0.2) is 0 Å². The predicted octanol–water partition coefficient (Wildman–Crippen LogP) is 3.01. The fourth-order valence-electron chi connectivity index (χ4n) is 2.89. The molecule has 0 saturated carbocycles. The number of aryl methyl sites for hydroxylation is 1. The Morgan fingerprint density at radius 3 is 2.90 bits per heavy atom. The number of carbonyl (C=O) groups excluding carboxylic acids is 1. The highest BCUT2D eigenvalue weighted by atomic mass is 19.1. The number of urea groups is 1. The highest BCUT2D eigenvalue weighted by Crippen LogP contribution is 2.24. The minimum absolute atomic E-state index is 0.0439. The Morgan fingerprint density at radius 1 is 1.52 bits per heavy atom. The van der Waals surface area contributed by atoms with Crippen LogP contribution >= 0.6 is 0 Å². The lowest BCUT2D eigenvalue weighted by molar-refractivity contribution is 0.0811. The van der Waals surface area contributed by atoms with Gasteiger partial charge in [-0.2, -0.15) is 0 Å². The molecule has 2 rings (SSSR count). The molecule has 2 N–H and O–H groups in total. The van der Waals surface area contributed by atoms with Crippen LogP contribution in [-0.4, -0.2) is 35.2 Å². The first-order valence-electron chi connectivity index (χ1n) is 7.53. The van der Waals surface area contributed by atoms with Crippen LogP contribution in [0.15, 0.2) is 18.2 Å². The Kier molecular flexibility index (Phi) is 5.17. The number of likely N-dealkylation sites (tertiary alicyclic amines) is 1. The summed E-state index contributed by atoms with van der Waals surface area (Å²) in [6.45, 7) is 4.50. The van der Waals surface area contributed by atoms with Crippen LogP contribution in [-0.2, 0) is 6.42 Å². The van der Waals surface area contributed by atoms with Crippen molar-refractivity contribution >= 4 is 11.7 Å². The van der Waals surface area contributed by atoms with Crippen molar-refractivity contribution in [2.75, 3.05) is 18.5 Å². The van der Waals surface area contributed by atoms with Crippen molar-refractivity contribution in [3.05, 3.63) is 29.6 Å². The molecule has 2 atom stereocenters. The Labute approximate surface area is 125 Å². The number of hydrogen-bond acceptors (Lipinski definition) is 2. The van der Waals surface area contributed by atoms with Crippen LogP contribution in [0.1, 0.15) is 32.3 Å². The molecule has 0 radical (unpaired) electrons. The van der Waals surface area contributed by atoms with E-state index in [2.05, 4.69) is 5.32 Å². The second kappa shape index (κ2) is 6.89. The predicted molar refractivity (Wildman–Crippen MR) is 80.8 cm³/mol. The van der Waals surface area contributed by atoms with Gasteiger partial charge in [0.1, 0.15) is 5.82 Å². The molecule has 1 aromatic carbocycles. The van der Waals surface area contributed by atoms with E-state index in [0.717, 1.165) is 12.8 Å². The van der Waals surface area contributed by atoms with E-state index in [-0.39, 0.29) is 30.4 Å². The number of aliphatic hydroxyl groups is 1. The van der Waals surface area contributed by atoms with Gasteiger partial charge in [0.05, 0.1) is 12.6 Å². The molecule has 0 aliphatic carbocycles. The van der Waals surface area contributed by atoms with Gasteiger partial charge in [0.2, 0.25) is 0 Å². The van der Waals surface area contributed by atoms with E-state index in [1.165, 1.54) is 6.07 Å². The van der Waals surface area contributed by atoms with Gasteiger partial charge >= 0.3 is 6.03 Å². The molecule has 1 saturated heterocycles. The summed E-state index contributed by atoms with van der Waals surface area (Å²) in [6.07, 6.45) is 2.55. The van der Waals surface area contributed by atoms with Crippen LogP contribution < -0.4 is 5.32 Å². The van der Waals surface area contributed by atoms with Crippen LogP contribution in [0.3, 0.4) is 0 Å². The molecule has 1 fully saturated rings. The molecule has 1 aliphatic rings. The average molecular weight is 294 g/mol. The lowest BCUT2D eigenvalue weighted by Crippen LogP contribution is -2.51. The number of piperidine rings is 1. The molecule has 1 heterocycles. The molecule has 2 unspecified atom stereocenters. The van der Waals surface area contributed by atoms with Crippen molar-refractivity contribution < 1.29 is 14.3 Å². The fourth-order valence-corrected chi connectivity index (χ4v) is 2.89. The number of halogens is 1. The number of nitrogens with one attached hydrogen (secondary N) is 1. The van der Waals surface area contributed by atoms with E-state index in [1.807, 2.05) is 13.8 Å². The van der Waals surface area contributed by atoms with Gasteiger partial charge in [0, 0.05) is 12.2 Å². The molecular weight excluding hydrogens is 271 g/mol. The van der Waals surface area contributed by atoms with Gasteiger partial charge in [-0.3, -0.25) is 0 Å². The molecule has 21 heavy (non-hydrogen) atoms. The summed E-state index contributed by atoms with van der Waals surface area (Å²) in [7, 11) is 0. The first-order valence-corrected chi connectivity index (χ1v) is 7.53. The van der Waals surface area contributed by atoms with E-state index < -0.39 is 0 Å². The molecular formula is C16H23FN2O2. The third-order valence-corrected chi connectivity index (χ3v) is 4.25. The van der Waals surface area contributed by atoms with Gasteiger partial charge in [-0.15, -0.1) is 0 Å². The number of carbonyl (C=O) groups is 1.